The molecular weight excluding hydrogens is 564 g/mol. The normalized spacial score (nSPS) is 16.6. The number of carbonyl (C=O) groups is 1. The van der Waals surface area contributed by atoms with Gasteiger partial charge in [0, 0.05) is 13.6 Å². The molecule has 42 heavy (non-hydrogen) atoms. The molecule has 1 fully saturated rings. The maximum Gasteiger partial charge on any atom is 0.314 e. The van der Waals surface area contributed by atoms with Crippen molar-refractivity contribution in [2.45, 2.75) is 63.1 Å². The minimum Gasteiger partial charge on any atom is -0.493 e. The predicted octanol–water partition coefficient (Wildman–Crippen LogP) is 5.06. The molecule has 1 aliphatic heterocycles. The molecule has 2 aromatic rings. The molecule has 2 amide bonds. The van der Waals surface area contributed by atoms with Gasteiger partial charge in [-0.25, -0.2) is 13.2 Å². The molecule has 0 saturated carbocycles. The van der Waals surface area contributed by atoms with Crippen LogP contribution in [0.1, 0.15) is 69.3 Å². The lowest BCUT2D eigenvalue weighted by Gasteiger charge is -2.21. The fraction of sp³-hybridized carbons (Fsp3) is 0.567. The van der Waals surface area contributed by atoms with Crippen LogP contribution in [0.15, 0.2) is 29.2 Å². The van der Waals surface area contributed by atoms with Crippen LogP contribution in [0.5, 0.6) is 28.7 Å². The highest BCUT2D eigenvalue weighted by atomic mass is 32.2. The Hall–Kier alpha value is -3.38. The lowest BCUT2D eigenvalue weighted by atomic mass is 10.0. The summed E-state index contributed by atoms with van der Waals surface area (Å²) in [4.78, 5) is 12.8. The van der Waals surface area contributed by atoms with E-state index < -0.39 is 15.9 Å². The first kappa shape index (κ1) is 33.1. The molecule has 3 rings (SSSR count). The first-order valence-corrected chi connectivity index (χ1v) is 15.9. The van der Waals surface area contributed by atoms with E-state index in [0.29, 0.717) is 73.8 Å². The molecule has 0 unspecified atom stereocenters. The fourth-order valence-electron chi connectivity index (χ4n) is 4.86. The molecule has 1 heterocycles. The Morgan fingerprint density at radius 2 is 1.48 bits per heavy atom. The van der Waals surface area contributed by atoms with E-state index in [2.05, 4.69) is 0 Å². The Morgan fingerprint density at radius 1 is 0.881 bits per heavy atom. The molecule has 11 nitrogen and oxygen atoms in total. The van der Waals surface area contributed by atoms with Crippen LogP contribution in [0.4, 0.5) is 4.79 Å². The maximum atomic E-state index is 13.4. The Morgan fingerprint density at radius 3 is 2.00 bits per heavy atom. The van der Waals surface area contributed by atoms with E-state index in [1.165, 1.54) is 4.90 Å². The summed E-state index contributed by atoms with van der Waals surface area (Å²) in [6, 6.07) is 6.66. The number of hydrogen-bond donors (Lipinski definition) is 1. The molecule has 2 aromatic carbocycles. The van der Waals surface area contributed by atoms with Crippen molar-refractivity contribution in [3.63, 3.8) is 0 Å². The third-order valence-electron chi connectivity index (χ3n) is 7.02. The second-order valence-electron chi connectivity index (χ2n) is 10.1. The van der Waals surface area contributed by atoms with Gasteiger partial charge in [0.15, 0.2) is 32.8 Å². The van der Waals surface area contributed by atoms with Gasteiger partial charge >= 0.3 is 6.03 Å². The molecule has 234 valence electrons. The third kappa shape index (κ3) is 7.91. The van der Waals surface area contributed by atoms with Gasteiger partial charge in [-0.05, 0) is 67.5 Å². The zero-order valence-electron chi connectivity index (χ0n) is 25.4. The quantitative estimate of drug-likeness (QED) is 0.260. The van der Waals surface area contributed by atoms with Gasteiger partial charge in [0.05, 0.1) is 52.5 Å². The number of methoxy groups -OCH3 is 3. The lowest BCUT2D eigenvalue weighted by molar-refractivity contribution is 0.0434. The van der Waals surface area contributed by atoms with Crippen LogP contribution in [0.3, 0.4) is 0 Å². The SMILES string of the molecule is CCCOc1c(OCCCN(C)C(N)=O)cc([C@H]2CC[C@H](c3cc(OC)c(OC)c(OC)c3)O2)cc1S(=O)(=O)CCC. The molecule has 2 N–H and O–H groups in total. The van der Waals surface area contributed by atoms with Crippen LogP contribution in [-0.2, 0) is 14.6 Å². The number of amides is 2. The van der Waals surface area contributed by atoms with Crippen LogP contribution < -0.4 is 29.4 Å². The van der Waals surface area contributed by atoms with Gasteiger partial charge in [-0.1, -0.05) is 13.8 Å². The van der Waals surface area contributed by atoms with Gasteiger partial charge in [-0.15, -0.1) is 0 Å². The van der Waals surface area contributed by atoms with E-state index in [4.69, 9.17) is 34.2 Å². The summed E-state index contributed by atoms with van der Waals surface area (Å²) < 4.78 is 61.9. The lowest BCUT2D eigenvalue weighted by Crippen LogP contribution is -2.33. The monoisotopic (exact) mass is 608 g/mol. The van der Waals surface area contributed by atoms with Crippen LogP contribution in [0.25, 0.3) is 0 Å². The van der Waals surface area contributed by atoms with Crippen molar-refractivity contribution >= 4 is 15.9 Å². The van der Waals surface area contributed by atoms with Gasteiger partial charge in [-0.3, -0.25) is 0 Å². The van der Waals surface area contributed by atoms with Gasteiger partial charge in [-0.2, -0.15) is 0 Å². The van der Waals surface area contributed by atoms with Crippen molar-refractivity contribution < 1.29 is 41.6 Å². The number of primary amides is 1. The van der Waals surface area contributed by atoms with E-state index >= 15 is 0 Å². The van der Waals surface area contributed by atoms with Gasteiger partial charge in [0.25, 0.3) is 0 Å². The van der Waals surface area contributed by atoms with E-state index in [9.17, 15) is 13.2 Å². The minimum absolute atomic E-state index is 0.0264. The number of benzene rings is 2. The summed E-state index contributed by atoms with van der Waals surface area (Å²) in [5.41, 5.74) is 6.87. The van der Waals surface area contributed by atoms with Crippen molar-refractivity contribution in [3.8, 4) is 28.7 Å². The average Bonchev–Trinajstić information content (AvgIpc) is 3.47. The molecule has 12 heteroatoms. The highest BCUT2D eigenvalue weighted by Gasteiger charge is 2.33. The molecule has 0 aliphatic carbocycles. The third-order valence-corrected chi connectivity index (χ3v) is 8.94. The summed E-state index contributed by atoms with van der Waals surface area (Å²) in [6.45, 7) is 4.73. The smallest absolute Gasteiger partial charge is 0.314 e. The average molecular weight is 609 g/mol. The summed E-state index contributed by atoms with van der Waals surface area (Å²) >= 11 is 0. The molecule has 1 saturated heterocycles. The van der Waals surface area contributed by atoms with Crippen molar-refractivity contribution in [1.29, 1.82) is 0 Å². The standard InChI is InChI=1S/C30H44N2O9S/c1-7-13-40-29-26(39-14-9-12-32(3)30(31)33)18-21(19-27(29)42(34,35)15-8-2)23-11-10-22(41-23)20-16-24(36-4)28(38-6)25(17-20)37-5/h16-19,22-23H,7-15H2,1-6H3,(H2,31,33)/t22-,23-/m1/s1. The van der Waals surface area contributed by atoms with E-state index in [1.54, 1.807) is 40.5 Å². The first-order chi connectivity index (χ1) is 20.1. The minimum atomic E-state index is -3.67. The van der Waals surface area contributed by atoms with Crippen molar-refractivity contribution in [2.24, 2.45) is 5.73 Å². The highest BCUT2D eigenvalue weighted by Crippen LogP contribution is 2.48. The second-order valence-corrected chi connectivity index (χ2v) is 12.2. The van der Waals surface area contributed by atoms with Crippen LogP contribution in [-0.4, -0.2) is 73.2 Å². The maximum absolute atomic E-state index is 13.4. The number of nitrogens with zero attached hydrogens (tertiary/aromatic N) is 1. The molecule has 2 atom stereocenters. The zero-order valence-corrected chi connectivity index (χ0v) is 26.3. The Labute approximate surface area is 249 Å². The van der Waals surface area contributed by atoms with E-state index in [1.807, 2.05) is 26.0 Å². The van der Waals surface area contributed by atoms with Crippen molar-refractivity contribution in [3.05, 3.63) is 35.4 Å². The first-order valence-electron chi connectivity index (χ1n) is 14.2. The number of rotatable bonds is 16. The summed E-state index contributed by atoms with van der Waals surface area (Å²) in [5.74, 6) is 2.06. The molecule has 0 bridgehead atoms. The summed E-state index contributed by atoms with van der Waals surface area (Å²) in [7, 11) is 2.61. The number of hydrogen-bond acceptors (Lipinski definition) is 9. The number of urea groups is 1. The molecule has 0 aromatic heterocycles. The van der Waals surface area contributed by atoms with Crippen LogP contribution in [0.2, 0.25) is 0 Å². The molecule has 0 radical (unpaired) electrons. The fourth-order valence-corrected chi connectivity index (χ4v) is 6.37. The largest absolute Gasteiger partial charge is 0.493 e. The Bertz CT molecular complexity index is 1290. The molecule has 0 spiro atoms. The van der Waals surface area contributed by atoms with Crippen LogP contribution in [0, 0.1) is 0 Å². The number of ether oxygens (including phenoxy) is 6. The van der Waals surface area contributed by atoms with Gasteiger partial charge in [0.1, 0.15) is 4.90 Å². The topological polar surface area (TPSA) is 136 Å². The summed E-state index contributed by atoms with van der Waals surface area (Å²) in [6.07, 6.45) is 2.35. The summed E-state index contributed by atoms with van der Waals surface area (Å²) in [5, 5.41) is 0. The second kappa shape index (κ2) is 15.2. The zero-order chi connectivity index (χ0) is 30.9. The number of sulfone groups is 1. The number of nitrogens with two attached hydrogens (primary N) is 1. The predicted molar refractivity (Wildman–Crippen MR) is 159 cm³/mol. The van der Waals surface area contributed by atoms with Crippen molar-refractivity contribution in [2.75, 3.05) is 53.9 Å². The molecular formula is C30H44N2O9S. The van der Waals surface area contributed by atoms with E-state index in [0.717, 1.165) is 5.56 Å². The Kier molecular flexibility index (Phi) is 12.0. The number of carbonyl (C=O) groups excluding carboxylic acids is 1. The van der Waals surface area contributed by atoms with Gasteiger partial charge in [0.2, 0.25) is 5.75 Å². The van der Waals surface area contributed by atoms with Gasteiger partial charge < -0.3 is 39.1 Å². The van der Waals surface area contributed by atoms with E-state index in [-0.39, 0.29) is 35.2 Å². The Balaban J connectivity index is 1.98. The highest BCUT2D eigenvalue weighted by molar-refractivity contribution is 7.91. The van der Waals surface area contributed by atoms with Crippen LogP contribution >= 0.6 is 0 Å². The molecule has 1 aliphatic rings. The van der Waals surface area contributed by atoms with Crippen molar-refractivity contribution in [1.82, 2.24) is 4.90 Å².